The van der Waals surface area contributed by atoms with Gasteiger partial charge in [0.15, 0.2) is 0 Å². The van der Waals surface area contributed by atoms with Crippen LogP contribution in [0.15, 0.2) is 42.0 Å². The Hall–Kier alpha value is -2.51. The average molecular weight is 367 g/mol. The molecule has 3 heterocycles. The van der Waals surface area contributed by atoms with Gasteiger partial charge in [-0.05, 0) is 31.3 Å². The lowest BCUT2D eigenvalue weighted by molar-refractivity contribution is 0.0951. The monoisotopic (exact) mass is 367 g/mol. The van der Waals surface area contributed by atoms with Crippen LogP contribution in [0.25, 0.3) is 10.2 Å². The number of anilines is 1. The molecule has 0 atom stereocenters. The number of nitrogens with zero attached hydrogens (tertiary/aromatic N) is 4. The van der Waals surface area contributed by atoms with Crippen molar-refractivity contribution in [3.63, 3.8) is 0 Å². The van der Waals surface area contributed by atoms with Crippen molar-refractivity contribution in [2.24, 2.45) is 0 Å². The highest BCUT2D eigenvalue weighted by Crippen LogP contribution is 2.20. The van der Waals surface area contributed by atoms with E-state index < -0.39 is 0 Å². The molecule has 2 aromatic heterocycles. The van der Waals surface area contributed by atoms with Gasteiger partial charge in [0.05, 0.1) is 15.7 Å². The van der Waals surface area contributed by atoms with Crippen molar-refractivity contribution in [1.29, 1.82) is 0 Å². The average Bonchev–Trinajstić information content (AvgIpc) is 3.15. The zero-order valence-electron chi connectivity index (χ0n) is 14.7. The highest BCUT2D eigenvalue weighted by Gasteiger charge is 2.18. The van der Waals surface area contributed by atoms with Crippen LogP contribution in [0, 0.1) is 0 Å². The van der Waals surface area contributed by atoms with Crippen molar-refractivity contribution in [2.75, 3.05) is 38.1 Å². The molecule has 26 heavy (non-hydrogen) atoms. The van der Waals surface area contributed by atoms with E-state index in [-0.39, 0.29) is 5.91 Å². The number of hydrogen-bond donors (Lipinski definition) is 1. The predicted molar refractivity (Wildman–Crippen MR) is 105 cm³/mol. The number of thiazole rings is 1. The van der Waals surface area contributed by atoms with Gasteiger partial charge in [-0.15, -0.1) is 11.3 Å². The van der Waals surface area contributed by atoms with E-state index in [9.17, 15) is 4.79 Å². The number of carbonyl (C=O) groups excluding carboxylic acids is 1. The standard InChI is InChI=1S/C19H21N5OS/c1-23-7-9-24(10-8-23)18-15(3-2-6-20-18)12-21-19(25)14-4-5-17-16(11-14)22-13-26-17/h2-6,11,13H,7-10,12H2,1H3,(H,21,25). The Labute approximate surface area is 156 Å². The molecular weight excluding hydrogens is 346 g/mol. The van der Waals surface area contributed by atoms with Crippen molar-refractivity contribution in [2.45, 2.75) is 6.54 Å². The number of piperazine rings is 1. The number of likely N-dealkylation sites (N-methyl/N-ethyl adjacent to an activating group) is 1. The SMILES string of the molecule is CN1CCN(c2ncccc2CNC(=O)c2ccc3scnc3c2)CC1. The third kappa shape index (κ3) is 3.54. The van der Waals surface area contributed by atoms with Gasteiger partial charge in [-0.2, -0.15) is 0 Å². The van der Waals surface area contributed by atoms with Crippen molar-refractivity contribution in [3.8, 4) is 0 Å². The minimum Gasteiger partial charge on any atom is -0.354 e. The van der Waals surface area contributed by atoms with Crippen molar-refractivity contribution in [3.05, 3.63) is 53.2 Å². The minimum atomic E-state index is -0.0897. The second-order valence-corrected chi connectivity index (χ2v) is 7.38. The number of aromatic nitrogens is 2. The zero-order valence-corrected chi connectivity index (χ0v) is 15.5. The number of rotatable bonds is 4. The van der Waals surface area contributed by atoms with E-state index in [2.05, 4.69) is 32.1 Å². The summed E-state index contributed by atoms with van der Waals surface area (Å²) >= 11 is 1.58. The summed E-state index contributed by atoms with van der Waals surface area (Å²) in [4.78, 5) is 26.0. The number of carbonyl (C=O) groups is 1. The fourth-order valence-corrected chi connectivity index (χ4v) is 3.81. The highest BCUT2D eigenvalue weighted by atomic mass is 32.1. The van der Waals surface area contributed by atoms with E-state index >= 15 is 0 Å². The first kappa shape index (κ1) is 16.9. The molecule has 7 heteroatoms. The van der Waals surface area contributed by atoms with Gasteiger partial charge in [-0.1, -0.05) is 6.07 Å². The summed E-state index contributed by atoms with van der Waals surface area (Å²) in [5.41, 5.74) is 4.33. The van der Waals surface area contributed by atoms with Crippen LogP contribution in [0.1, 0.15) is 15.9 Å². The quantitative estimate of drug-likeness (QED) is 0.767. The van der Waals surface area contributed by atoms with Crippen LogP contribution >= 0.6 is 11.3 Å². The lowest BCUT2D eigenvalue weighted by Crippen LogP contribution is -2.45. The van der Waals surface area contributed by atoms with E-state index in [1.165, 1.54) is 0 Å². The van der Waals surface area contributed by atoms with Crippen LogP contribution in [0.5, 0.6) is 0 Å². The van der Waals surface area contributed by atoms with Gasteiger partial charge in [-0.25, -0.2) is 9.97 Å². The number of nitrogens with one attached hydrogen (secondary N) is 1. The molecule has 1 aliphatic heterocycles. The summed E-state index contributed by atoms with van der Waals surface area (Å²) < 4.78 is 1.09. The first-order valence-electron chi connectivity index (χ1n) is 8.69. The number of pyridine rings is 1. The van der Waals surface area contributed by atoms with E-state index in [4.69, 9.17) is 0 Å². The Morgan fingerprint density at radius 3 is 2.88 bits per heavy atom. The van der Waals surface area contributed by atoms with Gasteiger partial charge in [0, 0.05) is 50.0 Å². The van der Waals surface area contributed by atoms with Gasteiger partial charge in [-0.3, -0.25) is 4.79 Å². The molecule has 1 saturated heterocycles. The van der Waals surface area contributed by atoms with Gasteiger partial charge >= 0.3 is 0 Å². The first-order valence-corrected chi connectivity index (χ1v) is 9.57. The molecule has 0 saturated carbocycles. The lowest BCUT2D eigenvalue weighted by atomic mass is 10.2. The van der Waals surface area contributed by atoms with Gasteiger partial charge in [0.25, 0.3) is 5.91 Å². The lowest BCUT2D eigenvalue weighted by Gasteiger charge is -2.34. The smallest absolute Gasteiger partial charge is 0.251 e. The second-order valence-electron chi connectivity index (χ2n) is 6.49. The molecule has 0 spiro atoms. The first-order chi connectivity index (χ1) is 12.7. The summed E-state index contributed by atoms with van der Waals surface area (Å²) in [6, 6.07) is 9.58. The van der Waals surface area contributed by atoms with Gasteiger partial charge in [0.1, 0.15) is 5.82 Å². The van der Waals surface area contributed by atoms with Crippen molar-refractivity contribution >= 4 is 33.3 Å². The van der Waals surface area contributed by atoms with E-state index in [1.54, 1.807) is 16.8 Å². The summed E-state index contributed by atoms with van der Waals surface area (Å²) in [6.07, 6.45) is 1.81. The Balaban J connectivity index is 1.46. The molecule has 3 aromatic rings. The molecule has 1 N–H and O–H groups in total. The molecule has 1 aliphatic rings. The van der Waals surface area contributed by atoms with Crippen LogP contribution in [0.4, 0.5) is 5.82 Å². The largest absolute Gasteiger partial charge is 0.354 e. The maximum absolute atomic E-state index is 12.5. The normalized spacial score (nSPS) is 15.3. The topological polar surface area (TPSA) is 61.4 Å². The third-order valence-electron chi connectivity index (χ3n) is 4.70. The molecule has 6 nitrogen and oxygen atoms in total. The van der Waals surface area contributed by atoms with Crippen molar-refractivity contribution in [1.82, 2.24) is 20.2 Å². The van der Waals surface area contributed by atoms with Crippen LogP contribution in [-0.2, 0) is 6.54 Å². The number of hydrogen-bond acceptors (Lipinski definition) is 6. The van der Waals surface area contributed by atoms with Gasteiger partial charge < -0.3 is 15.1 Å². The van der Waals surface area contributed by atoms with E-state index in [0.717, 1.165) is 47.8 Å². The fourth-order valence-electron chi connectivity index (χ4n) is 3.15. The summed E-state index contributed by atoms with van der Waals surface area (Å²) in [7, 11) is 2.13. The molecule has 0 bridgehead atoms. The second kappa shape index (κ2) is 7.39. The zero-order chi connectivity index (χ0) is 17.9. The van der Waals surface area contributed by atoms with Crippen LogP contribution < -0.4 is 10.2 Å². The highest BCUT2D eigenvalue weighted by molar-refractivity contribution is 7.16. The van der Waals surface area contributed by atoms with E-state index in [0.29, 0.717) is 12.1 Å². The number of amides is 1. The Bertz CT molecular complexity index is 917. The molecule has 134 valence electrons. The predicted octanol–water partition coefficient (Wildman–Crippen LogP) is 2.37. The molecule has 0 radical (unpaired) electrons. The van der Waals surface area contributed by atoms with E-state index in [1.807, 2.05) is 36.5 Å². The van der Waals surface area contributed by atoms with Crippen molar-refractivity contribution < 1.29 is 4.79 Å². The van der Waals surface area contributed by atoms with Gasteiger partial charge in [0.2, 0.25) is 0 Å². The number of fused-ring (bicyclic) bond motifs is 1. The maximum Gasteiger partial charge on any atom is 0.251 e. The third-order valence-corrected chi connectivity index (χ3v) is 5.51. The summed E-state index contributed by atoms with van der Waals surface area (Å²) in [5, 5.41) is 3.02. The summed E-state index contributed by atoms with van der Waals surface area (Å²) in [6.45, 7) is 4.42. The van der Waals surface area contributed by atoms with Crippen LogP contribution in [0.3, 0.4) is 0 Å². The Kier molecular flexibility index (Phi) is 4.81. The number of benzene rings is 1. The maximum atomic E-state index is 12.5. The Morgan fingerprint density at radius 1 is 1.19 bits per heavy atom. The van der Waals surface area contributed by atoms with Crippen LogP contribution in [-0.4, -0.2) is 54.0 Å². The molecular formula is C19H21N5OS. The Morgan fingerprint density at radius 2 is 2.04 bits per heavy atom. The summed E-state index contributed by atoms with van der Waals surface area (Å²) in [5.74, 6) is 0.879. The molecule has 0 unspecified atom stereocenters. The molecule has 1 fully saturated rings. The molecule has 0 aliphatic carbocycles. The molecule has 1 aromatic carbocycles. The molecule has 4 rings (SSSR count). The fraction of sp³-hybridized carbons (Fsp3) is 0.316. The molecule has 1 amide bonds. The van der Waals surface area contributed by atoms with Crippen LogP contribution in [0.2, 0.25) is 0 Å². The minimum absolute atomic E-state index is 0.0897.